The van der Waals surface area contributed by atoms with E-state index in [1.54, 1.807) is 7.11 Å². The average Bonchev–Trinajstić information content (AvgIpc) is 3.26. The summed E-state index contributed by atoms with van der Waals surface area (Å²) >= 11 is 1.47. The molecular formula is C25H31N5O2S. The minimum absolute atomic E-state index is 0.156. The SMILES string of the molecule is CCn1c(SC(C)C(=O)N2CCN(Cc3ccccc3)CC2)nnc1-c1ccccc1OC. The van der Waals surface area contributed by atoms with E-state index >= 15 is 0 Å². The van der Waals surface area contributed by atoms with E-state index in [-0.39, 0.29) is 11.2 Å². The van der Waals surface area contributed by atoms with E-state index in [2.05, 4.69) is 46.3 Å². The van der Waals surface area contributed by atoms with Crippen LogP contribution in [0, 0.1) is 0 Å². The van der Waals surface area contributed by atoms with Gasteiger partial charge >= 0.3 is 0 Å². The lowest BCUT2D eigenvalue weighted by molar-refractivity contribution is -0.132. The van der Waals surface area contributed by atoms with Gasteiger partial charge in [-0.2, -0.15) is 0 Å². The smallest absolute Gasteiger partial charge is 0.235 e. The van der Waals surface area contributed by atoms with Crippen molar-refractivity contribution in [3.05, 3.63) is 60.2 Å². The number of amides is 1. The molecule has 8 heteroatoms. The summed E-state index contributed by atoms with van der Waals surface area (Å²) in [6.45, 7) is 8.95. The van der Waals surface area contributed by atoms with Crippen LogP contribution in [0.2, 0.25) is 0 Å². The maximum atomic E-state index is 13.2. The van der Waals surface area contributed by atoms with Crippen LogP contribution in [-0.2, 0) is 17.9 Å². The summed E-state index contributed by atoms with van der Waals surface area (Å²) in [6.07, 6.45) is 0. The molecule has 33 heavy (non-hydrogen) atoms. The summed E-state index contributed by atoms with van der Waals surface area (Å²) in [7, 11) is 1.65. The minimum atomic E-state index is -0.231. The number of carbonyl (C=O) groups is 1. The Morgan fingerprint density at radius 3 is 2.42 bits per heavy atom. The number of hydrogen-bond acceptors (Lipinski definition) is 6. The van der Waals surface area contributed by atoms with Gasteiger partial charge in [0.2, 0.25) is 5.91 Å². The molecule has 0 N–H and O–H groups in total. The average molecular weight is 466 g/mol. The Bertz CT molecular complexity index is 1060. The third-order valence-electron chi connectivity index (χ3n) is 5.94. The normalized spacial score (nSPS) is 15.4. The van der Waals surface area contributed by atoms with Gasteiger partial charge in [-0.3, -0.25) is 9.69 Å². The van der Waals surface area contributed by atoms with Gasteiger partial charge in [-0.25, -0.2) is 0 Å². The number of benzene rings is 2. The number of thioether (sulfide) groups is 1. The van der Waals surface area contributed by atoms with Crippen LogP contribution in [0.5, 0.6) is 5.75 Å². The Kier molecular flexibility index (Phi) is 7.67. The number of ether oxygens (including phenoxy) is 1. The molecule has 2 heterocycles. The topological polar surface area (TPSA) is 63.5 Å². The summed E-state index contributed by atoms with van der Waals surface area (Å²) in [5, 5.41) is 9.35. The lowest BCUT2D eigenvalue weighted by Crippen LogP contribution is -2.50. The van der Waals surface area contributed by atoms with Crippen molar-refractivity contribution < 1.29 is 9.53 Å². The first-order chi connectivity index (χ1) is 16.1. The Labute approximate surface area is 199 Å². The number of para-hydroxylation sites is 1. The van der Waals surface area contributed by atoms with Gasteiger partial charge in [0.1, 0.15) is 5.75 Å². The molecule has 1 unspecified atom stereocenters. The molecule has 0 radical (unpaired) electrons. The first-order valence-corrected chi connectivity index (χ1v) is 12.3. The van der Waals surface area contributed by atoms with Crippen LogP contribution in [0.15, 0.2) is 59.8 Å². The molecule has 1 aliphatic heterocycles. The van der Waals surface area contributed by atoms with Gasteiger partial charge in [-0.1, -0.05) is 54.2 Å². The van der Waals surface area contributed by atoms with Crippen molar-refractivity contribution in [1.82, 2.24) is 24.6 Å². The standard InChI is InChI=1S/C25H31N5O2S/c1-4-30-23(21-12-8-9-13-22(21)32-3)26-27-25(30)33-19(2)24(31)29-16-14-28(15-17-29)18-20-10-6-5-7-11-20/h5-13,19H,4,14-18H2,1-3H3. The van der Waals surface area contributed by atoms with Crippen LogP contribution in [0.4, 0.5) is 0 Å². The largest absolute Gasteiger partial charge is 0.496 e. The molecule has 1 saturated heterocycles. The zero-order chi connectivity index (χ0) is 23.2. The van der Waals surface area contributed by atoms with E-state index in [9.17, 15) is 4.79 Å². The molecule has 7 nitrogen and oxygen atoms in total. The number of nitrogens with zero attached hydrogens (tertiary/aromatic N) is 5. The number of rotatable bonds is 8. The summed E-state index contributed by atoms with van der Waals surface area (Å²) in [6, 6.07) is 18.3. The van der Waals surface area contributed by atoms with E-state index < -0.39 is 0 Å². The van der Waals surface area contributed by atoms with E-state index in [0.29, 0.717) is 6.54 Å². The zero-order valence-corrected chi connectivity index (χ0v) is 20.3. The molecular weight excluding hydrogens is 434 g/mol. The second kappa shape index (κ2) is 10.9. The van der Waals surface area contributed by atoms with Gasteiger partial charge in [-0.15, -0.1) is 10.2 Å². The van der Waals surface area contributed by atoms with Crippen LogP contribution in [0.25, 0.3) is 11.4 Å². The van der Waals surface area contributed by atoms with Gasteiger partial charge in [0.25, 0.3) is 0 Å². The minimum Gasteiger partial charge on any atom is -0.496 e. The molecule has 174 valence electrons. The highest BCUT2D eigenvalue weighted by Gasteiger charge is 2.27. The third kappa shape index (κ3) is 5.39. The van der Waals surface area contributed by atoms with E-state index in [0.717, 1.165) is 55.0 Å². The molecule has 0 aliphatic carbocycles. The van der Waals surface area contributed by atoms with Crippen LogP contribution in [0.1, 0.15) is 19.4 Å². The molecule has 2 aromatic carbocycles. The molecule has 0 spiro atoms. The second-order valence-electron chi connectivity index (χ2n) is 8.10. The van der Waals surface area contributed by atoms with Crippen LogP contribution in [-0.4, -0.2) is 69.0 Å². The highest BCUT2D eigenvalue weighted by molar-refractivity contribution is 8.00. The van der Waals surface area contributed by atoms with E-state index in [1.807, 2.05) is 46.7 Å². The summed E-state index contributed by atoms with van der Waals surface area (Å²) in [5.74, 6) is 1.67. The van der Waals surface area contributed by atoms with Crippen molar-refractivity contribution in [2.24, 2.45) is 0 Å². The van der Waals surface area contributed by atoms with Crippen molar-refractivity contribution in [3.63, 3.8) is 0 Å². The lowest BCUT2D eigenvalue weighted by atomic mass is 10.2. The molecule has 1 atom stereocenters. The van der Waals surface area contributed by atoms with E-state index in [4.69, 9.17) is 4.74 Å². The first-order valence-electron chi connectivity index (χ1n) is 11.4. The Morgan fingerprint density at radius 1 is 1.03 bits per heavy atom. The highest BCUT2D eigenvalue weighted by Crippen LogP contribution is 2.32. The van der Waals surface area contributed by atoms with E-state index in [1.165, 1.54) is 17.3 Å². The summed E-state index contributed by atoms with van der Waals surface area (Å²) in [5.41, 5.74) is 2.21. The lowest BCUT2D eigenvalue weighted by Gasteiger charge is -2.35. The highest BCUT2D eigenvalue weighted by atomic mass is 32.2. The molecule has 4 rings (SSSR count). The Balaban J connectivity index is 1.38. The van der Waals surface area contributed by atoms with Gasteiger partial charge in [0, 0.05) is 39.3 Å². The van der Waals surface area contributed by atoms with Crippen molar-refractivity contribution in [2.75, 3.05) is 33.3 Å². The molecule has 0 saturated carbocycles. The third-order valence-corrected chi connectivity index (χ3v) is 7.01. The van der Waals surface area contributed by atoms with Crippen molar-refractivity contribution in [2.45, 2.75) is 37.3 Å². The van der Waals surface area contributed by atoms with Crippen molar-refractivity contribution in [3.8, 4) is 17.1 Å². The predicted octanol–water partition coefficient (Wildman–Crippen LogP) is 3.80. The number of piperazine rings is 1. The molecule has 1 aliphatic rings. The number of hydrogen-bond donors (Lipinski definition) is 0. The quantitative estimate of drug-likeness (QED) is 0.472. The summed E-state index contributed by atoms with van der Waals surface area (Å²) in [4.78, 5) is 17.5. The maximum absolute atomic E-state index is 13.2. The zero-order valence-electron chi connectivity index (χ0n) is 19.5. The molecule has 3 aromatic rings. The number of aromatic nitrogens is 3. The van der Waals surface area contributed by atoms with Crippen LogP contribution < -0.4 is 4.74 Å². The Hall–Kier alpha value is -2.84. The fraction of sp³-hybridized carbons (Fsp3) is 0.400. The molecule has 1 fully saturated rings. The first kappa shape index (κ1) is 23.3. The van der Waals surface area contributed by atoms with Gasteiger partial charge < -0.3 is 14.2 Å². The molecule has 1 amide bonds. The molecule has 0 bridgehead atoms. The maximum Gasteiger partial charge on any atom is 0.235 e. The van der Waals surface area contributed by atoms with Crippen LogP contribution in [0.3, 0.4) is 0 Å². The van der Waals surface area contributed by atoms with Crippen LogP contribution >= 0.6 is 11.8 Å². The van der Waals surface area contributed by atoms with Crippen molar-refractivity contribution in [1.29, 1.82) is 0 Å². The van der Waals surface area contributed by atoms with Gasteiger partial charge in [0.15, 0.2) is 11.0 Å². The fourth-order valence-corrected chi connectivity index (χ4v) is 5.12. The van der Waals surface area contributed by atoms with Crippen molar-refractivity contribution >= 4 is 17.7 Å². The summed E-state index contributed by atoms with van der Waals surface area (Å²) < 4.78 is 7.55. The monoisotopic (exact) mass is 465 g/mol. The van der Waals surface area contributed by atoms with Gasteiger partial charge in [-0.05, 0) is 31.5 Å². The number of methoxy groups -OCH3 is 1. The van der Waals surface area contributed by atoms with Gasteiger partial charge in [0.05, 0.1) is 17.9 Å². The Morgan fingerprint density at radius 2 is 1.73 bits per heavy atom. The fourth-order valence-electron chi connectivity index (χ4n) is 4.12. The number of carbonyl (C=O) groups excluding carboxylic acids is 1. The predicted molar refractivity (Wildman–Crippen MR) is 131 cm³/mol. The second-order valence-corrected chi connectivity index (χ2v) is 9.41. The molecule has 1 aromatic heterocycles.